The van der Waals surface area contributed by atoms with E-state index in [0.717, 1.165) is 12.3 Å². The van der Waals surface area contributed by atoms with E-state index in [1.807, 2.05) is 11.7 Å². The second-order valence-corrected chi connectivity index (χ2v) is 5.73. The van der Waals surface area contributed by atoms with Gasteiger partial charge in [0, 0.05) is 24.9 Å². The van der Waals surface area contributed by atoms with Gasteiger partial charge in [0.2, 0.25) is 0 Å². The summed E-state index contributed by atoms with van der Waals surface area (Å²) >= 11 is 0. The molecule has 1 aromatic heterocycles. The smallest absolute Gasteiger partial charge is 0.0718 e. The average molecular weight is 257 g/mol. The molecule has 0 saturated heterocycles. The van der Waals surface area contributed by atoms with Gasteiger partial charge in [-0.2, -0.15) is 5.10 Å². The first-order valence-electron chi connectivity index (χ1n) is 7.37. The van der Waals surface area contributed by atoms with Gasteiger partial charge in [0.1, 0.15) is 0 Å². The number of likely N-dealkylation sites (N-methyl/N-ethyl adjacent to an activating group) is 1. The second-order valence-electron chi connectivity index (χ2n) is 5.73. The molecule has 0 radical (unpaired) electrons. The zero-order chi connectivity index (χ0) is 13.2. The molecule has 2 aromatic rings. The minimum Gasteiger partial charge on any atom is -0.316 e. The van der Waals surface area contributed by atoms with Crippen LogP contribution in [0.1, 0.15) is 31.4 Å². The summed E-state index contributed by atoms with van der Waals surface area (Å²) in [7, 11) is 4.13. The van der Waals surface area contributed by atoms with E-state index in [1.54, 1.807) is 0 Å². The lowest BCUT2D eigenvalue weighted by atomic mass is 9.93. The first-order chi connectivity index (χ1) is 9.29. The van der Waals surface area contributed by atoms with Crippen LogP contribution in [0.25, 0.3) is 10.9 Å². The van der Waals surface area contributed by atoms with E-state index >= 15 is 0 Å². The zero-order valence-corrected chi connectivity index (χ0v) is 11.9. The van der Waals surface area contributed by atoms with E-state index in [-0.39, 0.29) is 0 Å². The summed E-state index contributed by atoms with van der Waals surface area (Å²) in [6, 6.07) is 9.10. The Hall–Kier alpha value is -1.35. The first kappa shape index (κ1) is 12.7. The highest BCUT2D eigenvalue weighted by Gasteiger charge is 2.25. The number of nitrogens with one attached hydrogen (secondary N) is 1. The van der Waals surface area contributed by atoms with E-state index in [4.69, 9.17) is 5.10 Å². The number of aryl methyl sites for hydroxylation is 1. The summed E-state index contributed by atoms with van der Waals surface area (Å²) in [5.41, 5.74) is 2.48. The molecule has 1 saturated carbocycles. The number of hydrogen-bond acceptors (Lipinski definition) is 2. The van der Waals surface area contributed by atoms with Crippen molar-refractivity contribution in [3.63, 3.8) is 0 Å². The Balaban J connectivity index is 1.87. The fourth-order valence-corrected chi connectivity index (χ4v) is 3.51. The van der Waals surface area contributed by atoms with Gasteiger partial charge < -0.3 is 5.32 Å². The fraction of sp³-hybridized carbons (Fsp3) is 0.562. The molecule has 3 nitrogen and oxygen atoms in total. The zero-order valence-electron chi connectivity index (χ0n) is 11.9. The van der Waals surface area contributed by atoms with E-state index in [2.05, 4.69) is 36.6 Å². The molecule has 1 heterocycles. The average Bonchev–Trinajstić information content (AvgIpc) is 3.06. The van der Waals surface area contributed by atoms with Gasteiger partial charge in [0.15, 0.2) is 0 Å². The van der Waals surface area contributed by atoms with Crippen molar-refractivity contribution in [2.45, 2.75) is 38.1 Å². The lowest BCUT2D eigenvalue weighted by molar-refractivity contribution is 0.374. The number of benzene rings is 1. The molecule has 3 heteroatoms. The molecular formula is C16H23N3. The van der Waals surface area contributed by atoms with Gasteiger partial charge in [0.05, 0.1) is 11.2 Å². The third-order valence-corrected chi connectivity index (χ3v) is 4.59. The number of fused-ring (bicyclic) bond motifs is 1. The highest BCUT2D eigenvalue weighted by molar-refractivity contribution is 5.81. The molecule has 1 aliphatic carbocycles. The van der Waals surface area contributed by atoms with Crippen LogP contribution < -0.4 is 5.32 Å². The maximum absolute atomic E-state index is 4.73. The van der Waals surface area contributed by atoms with Crippen molar-refractivity contribution in [2.75, 3.05) is 7.05 Å². The Kier molecular flexibility index (Phi) is 3.56. The van der Waals surface area contributed by atoms with Crippen LogP contribution >= 0.6 is 0 Å². The summed E-state index contributed by atoms with van der Waals surface area (Å²) in [6.45, 7) is 0. The molecule has 1 aromatic carbocycles. The maximum atomic E-state index is 4.73. The van der Waals surface area contributed by atoms with Crippen LogP contribution in [0.15, 0.2) is 24.3 Å². The quantitative estimate of drug-likeness (QED) is 0.912. The Morgan fingerprint density at radius 3 is 2.79 bits per heavy atom. The Morgan fingerprint density at radius 1 is 1.32 bits per heavy atom. The topological polar surface area (TPSA) is 29.9 Å². The van der Waals surface area contributed by atoms with Crippen LogP contribution in [0.3, 0.4) is 0 Å². The molecule has 0 amide bonds. The highest BCUT2D eigenvalue weighted by Crippen LogP contribution is 2.30. The van der Waals surface area contributed by atoms with Crippen molar-refractivity contribution in [2.24, 2.45) is 13.0 Å². The van der Waals surface area contributed by atoms with E-state index in [1.165, 1.54) is 42.3 Å². The summed E-state index contributed by atoms with van der Waals surface area (Å²) in [4.78, 5) is 0. The first-order valence-corrected chi connectivity index (χ1v) is 7.37. The van der Waals surface area contributed by atoms with Crippen LogP contribution in [0, 0.1) is 5.92 Å². The SMILES string of the molecule is CNC(Cc1nn(C)c2ccccc12)C1CCCC1. The van der Waals surface area contributed by atoms with Crippen molar-refractivity contribution < 1.29 is 0 Å². The van der Waals surface area contributed by atoms with Gasteiger partial charge >= 0.3 is 0 Å². The van der Waals surface area contributed by atoms with Crippen molar-refractivity contribution in [3.05, 3.63) is 30.0 Å². The van der Waals surface area contributed by atoms with Gasteiger partial charge in [-0.05, 0) is 31.9 Å². The third kappa shape index (κ3) is 2.39. The highest BCUT2D eigenvalue weighted by atomic mass is 15.3. The number of para-hydroxylation sites is 1. The van der Waals surface area contributed by atoms with Gasteiger partial charge in [-0.1, -0.05) is 31.0 Å². The second kappa shape index (κ2) is 5.33. The number of aromatic nitrogens is 2. The summed E-state index contributed by atoms with van der Waals surface area (Å²) in [6.07, 6.45) is 6.58. The molecule has 0 spiro atoms. The minimum atomic E-state index is 0.570. The Morgan fingerprint density at radius 2 is 2.05 bits per heavy atom. The monoisotopic (exact) mass is 257 g/mol. The van der Waals surface area contributed by atoms with Crippen LogP contribution in [0.4, 0.5) is 0 Å². The van der Waals surface area contributed by atoms with Gasteiger partial charge in [-0.25, -0.2) is 0 Å². The molecule has 1 aliphatic rings. The van der Waals surface area contributed by atoms with Crippen LogP contribution in [-0.2, 0) is 13.5 Å². The predicted octanol–water partition coefficient (Wildman–Crippen LogP) is 2.89. The standard InChI is InChI=1S/C16H23N3/c1-17-14(12-7-3-4-8-12)11-15-13-9-5-6-10-16(13)19(2)18-15/h5-6,9-10,12,14,17H,3-4,7-8,11H2,1-2H3. The third-order valence-electron chi connectivity index (χ3n) is 4.59. The molecular weight excluding hydrogens is 234 g/mol. The molecule has 3 rings (SSSR count). The largest absolute Gasteiger partial charge is 0.316 e. The summed E-state index contributed by atoms with van der Waals surface area (Å²) < 4.78 is 2.01. The molecule has 0 bridgehead atoms. The lowest BCUT2D eigenvalue weighted by Crippen LogP contribution is -2.34. The normalized spacial score (nSPS) is 18.2. The lowest BCUT2D eigenvalue weighted by Gasteiger charge is -2.22. The molecule has 102 valence electrons. The minimum absolute atomic E-state index is 0.570. The molecule has 1 unspecified atom stereocenters. The molecule has 1 N–H and O–H groups in total. The molecule has 1 atom stereocenters. The number of rotatable bonds is 4. The number of nitrogens with zero attached hydrogens (tertiary/aromatic N) is 2. The maximum Gasteiger partial charge on any atom is 0.0718 e. The van der Waals surface area contributed by atoms with Crippen molar-refractivity contribution >= 4 is 10.9 Å². The van der Waals surface area contributed by atoms with E-state index < -0.39 is 0 Å². The Bertz CT molecular complexity index is 552. The van der Waals surface area contributed by atoms with Crippen molar-refractivity contribution in [1.29, 1.82) is 0 Å². The summed E-state index contributed by atoms with van der Waals surface area (Å²) in [5, 5.41) is 9.55. The van der Waals surface area contributed by atoms with Gasteiger partial charge in [0.25, 0.3) is 0 Å². The van der Waals surface area contributed by atoms with Crippen LogP contribution in [0.2, 0.25) is 0 Å². The Labute approximate surface area is 115 Å². The van der Waals surface area contributed by atoms with Crippen LogP contribution in [-0.4, -0.2) is 22.9 Å². The van der Waals surface area contributed by atoms with Gasteiger partial charge in [-0.3, -0.25) is 4.68 Å². The summed E-state index contributed by atoms with van der Waals surface area (Å²) in [5.74, 6) is 0.825. The van der Waals surface area contributed by atoms with E-state index in [9.17, 15) is 0 Å². The van der Waals surface area contributed by atoms with Crippen LogP contribution in [0.5, 0.6) is 0 Å². The molecule has 0 aliphatic heterocycles. The van der Waals surface area contributed by atoms with E-state index in [0.29, 0.717) is 6.04 Å². The van der Waals surface area contributed by atoms with Crippen molar-refractivity contribution in [1.82, 2.24) is 15.1 Å². The number of hydrogen-bond donors (Lipinski definition) is 1. The predicted molar refractivity (Wildman–Crippen MR) is 79.2 cm³/mol. The molecule has 19 heavy (non-hydrogen) atoms. The van der Waals surface area contributed by atoms with Crippen molar-refractivity contribution in [3.8, 4) is 0 Å². The molecule has 1 fully saturated rings. The van der Waals surface area contributed by atoms with Gasteiger partial charge in [-0.15, -0.1) is 0 Å². The fourth-order valence-electron chi connectivity index (χ4n) is 3.51.